The Morgan fingerprint density at radius 1 is 1.00 bits per heavy atom. The predicted octanol–water partition coefficient (Wildman–Crippen LogP) is 4.61. The summed E-state index contributed by atoms with van der Waals surface area (Å²) in [6, 6.07) is 1.34. The molecule has 0 rings (SSSR count). The van der Waals surface area contributed by atoms with E-state index >= 15 is 0 Å². The first-order chi connectivity index (χ1) is 5.63. The average molecular weight is 215 g/mol. The van der Waals surface area contributed by atoms with Crippen LogP contribution in [0.4, 0.5) is 0 Å². The Kier molecular flexibility index (Phi) is 4.66. The lowest BCUT2D eigenvalue weighted by Gasteiger charge is -2.22. The zero-order valence-corrected chi connectivity index (χ0v) is 12.4. The van der Waals surface area contributed by atoms with Crippen molar-refractivity contribution in [3.05, 3.63) is 12.2 Å². The smallest absolute Gasteiger partial charge is 0.0510 e. The van der Waals surface area contributed by atoms with Gasteiger partial charge in [0.2, 0.25) is 0 Å². The lowest BCUT2D eigenvalue weighted by molar-refractivity contribution is 1.12. The van der Waals surface area contributed by atoms with Crippen LogP contribution in [0.5, 0.6) is 0 Å². The molecule has 1 unspecified atom stereocenters. The van der Waals surface area contributed by atoms with Crippen LogP contribution in [0.1, 0.15) is 6.92 Å². The van der Waals surface area contributed by atoms with Crippen molar-refractivity contribution >= 4 is 16.1 Å². The molecule has 0 saturated heterocycles. The van der Waals surface area contributed by atoms with Crippen LogP contribution in [0, 0.1) is 0 Å². The maximum Gasteiger partial charge on any atom is 0.0510 e. The van der Waals surface area contributed by atoms with Crippen LogP contribution in [0.25, 0.3) is 0 Å². The van der Waals surface area contributed by atoms with Crippen molar-refractivity contribution in [3.8, 4) is 0 Å². The van der Waals surface area contributed by atoms with Crippen LogP contribution < -0.4 is 0 Å². The summed E-state index contributed by atoms with van der Waals surface area (Å²) in [7, 11) is -1.78. The zero-order valence-electron chi connectivity index (χ0n) is 10.4. The van der Waals surface area contributed by atoms with E-state index in [0.717, 1.165) is 5.54 Å². The molecule has 0 spiro atoms. The molecule has 2 heteroatoms. The van der Waals surface area contributed by atoms with Crippen molar-refractivity contribution in [1.82, 2.24) is 0 Å². The molecule has 0 fully saturated rings. The number of hydrogen-bond donors (Lipinski definition) is 0. The second-order valence-electron chi connectivity index (χ2n) is 6.35. The maximum atomic E-state index is 2.45. The van der Waals surface area contributed by atoms with Gasteiger partial charge in [-0.05, 0) is 11.6 Å². The number of rotatable bonds is 4. The van der Waals surface area contributed by atoms with Gasteiger partial charge >= 0.3 is 0 Å². The highest BCUT2D eigenvalue weighted by Crippen LogP contribution is 2.23. The second-order valence-corrected chi connectivity index (χ2v) is 17.5. The molecule has 0 nitrogen and oxygen atoms in total. The Hall–Kier alpha value is 0.174. The standard InChI is InChI=1S/C11H26Si2/c1-11(13(5,6)7)9-8-10-12(2,3)4/h8-9,11H,10H2,1-7H3/b9-8+. The molecule has 0 aliphatic heterocycles. The largest absolute Gasteiger partial charge is 0.0912 e. The fourth-order valence-electron chi connectivity index (χ4n) is 0.914. The van der Waals surface area contributed by atoms with E-state index in [1.807, 2.05) is 0 Å². The van der Waals surface area contributed by atoms with Crippen LogP contribution in [0.3, 0.4) is 0 Å². The molecule has 0 aromatic rings. The minimum absolute atomic E-state index is 0.823. The molecule has 0 heterocycles. The molecule has 0 aliphatic carbocycles. The molecule has 13 heavy (non-hydrogen) atoms. The fourth-order valence-corrected chi connectivity index (χ4v) is 2.47. The van der Waals surface area contributed by atoms with E-state index in [1.54, 1.807) is 0 Å². The highest BCUT2D eigenvalue weighted by Gasteiger charge is 2.19. The van der Waals surface area contributed by atoms with Gasteiger partial charge in [-0.2, -0.15) is 0 Å². The molecule has 1 atom stereocenters. The van der Waals surface area contributed by atoms with Crippen LogP contribution in [0.2, 0.25) is 50.9 Å². The van der Waals surface area contributed by atoms with E-state index in [2.05, 4.69) is 58.4 Å². The SMILES string of the molecule is CC(/C=C/C[Si](C)(C)C)[Si](C)(C)C. The first-order valence-corrected chi connectivity index (χ1v) is 12.6. The van der Waals surface area contributed by atoms with Gasteiger partial charge in [-0.25, -0.2) is 0 Å². The van der Waals surface area contributed by atoms with Gasteiger partial charge in [-0.3, -0.25) is 0 Å². The Bertz CT molecular complexity index is 170. The summed E-state index contributed by atoms with van der Waals surface area (Å²) in [5.74, 6) is 0. The quantitative estimate of drug-likeness (QED) is 0.474. The van der Waals surface area contributed by atoms with E-state index in [9.17, 15) is 0 Å². The topological polar surface area (TPSA) is 0 Å². The Morgan fingerprint density at radius 2 is 1.46 bits per heavy atom. The summed E-state index contributed by atoms with van der Waals surface area (Å²) >= 11 is 0. The van der Waals surface area contributed by atoms with Crippen LogP contribution >= 0.6 is 0 Å². The highest BCUT2D eigenvalue weighted by atomic mass is 28.3. The molecule has 0 saturated carbocycles. The molecular weight excluding hydrogens is 188 g/mol. The lowest BCUT2D eigenvalue weighted by Crippen LogP contribution is -2.24. The van der Waals surface area contributed by atoms with Gasteiger partial charge in [0.05, 0.1) is 8.07 Å². The Balaban J connectivity index is 4.00. The highest BCUT2D eigenvalue weighted by molar-refractivity contribution is 6.78. The summed E-state index contributed by atoms with van der Waals surface area (Å²) in [6.07, 6.45) is 4.87. The third kappa shape index (κ3) is 7.26. The van der Waals surface area contributed by atoms with Crippen molar-refractivity contribution < 1.29 is 0 Å². The van der Waals surface area contributed by atoms with Crippen molar-refractivity contribution in [2.45, 2.75) is 57.8 Å². The van der Waals surface area contributed by atoms with Gasteiger partial charge in [-0.15, -0.1) is 0 Å². The van der Waals surface area contributed by atoms with Gasteiger partial charge in [0, 0.05) is 8.07 Å². The Labute approximate surface area is 86.5 Å². The molecule has 0 bridgehead atoms. The van der Waals surface area contributed by atoms with Gasteiger partial charge in [-0.1, -0.05) is 58.4 Å². The predicted molar refractivity (Wildman–Crippen MR) is 70.1 cm³/mol. The molecule has 0 aliphatic rings. The normalized spacial score (nSPS) is 16.5. The first kappa shape index (κ1) is 13.2. The van der Waals surface area contributed by atoms with E-state index in [1.165, 1.54) is 6.04 Å². The third-order valence-electron chi connectivity index (χ3n) is 2.52. The van der Waals surface area contributed by atoms with Crippen molar-refractivity contribution in [1.29, 1.82) is 0 Å². The van der Waals surface area contributed by atoms with Crippen molar-refractivity contribution in [2.75, 3.05) is 0 Å². The van der Waals surface area contributed by atoms with Gasteiger partial charge in [0.25, 0.3) is 0 Å². The molecular formula is C11H26Si2. The zero-order chi connectivity index (χ0) is 10.7. The fraction of sp³-hybridized carbons (Fsp3) is 0.818. The number of hydrogen-bond acceptors (Lipinski definition) is 0. The second kappa shape index (κ2) is 4.60. The van der Waals surface area contributed by atoms with Gasteiger partial charge in [0.1, 0.15) is 0 Å². The summed E-state index contributed by atoms with van der Waals surface area (Å²) < 4.78 is 0. The summed E-state index contributed by atoms with van der Waals surface area (Å²) in [4.78, 5) is 0. The summed E-state index contributed by atoms with van der Waals surface area (Å²) in [5, 5.41) is 0. The third-order valence-corrected chi connectivity index (χ3v) is 6.91. The Morgan fingerprint density at radius 3 is 1.77 bits per heavy atom. The molecule has 0 radical (unpaired) electrons. The molecule has 0 aromatic heterocycles. The van der Waals surface area contributed by atoms with E-state index in [4.69, 9.17) is 0 Å². The van der Waals surface area contributed by atoms with Crippen LogP contribution in [-0.2, 0) is 0 Å². The molecule has 0 aromatic carbocycles. The van der Waals surface area contributed by atoms with Crippen LogP contribution in [-0.4, -0.2) is 16.1 Å². The minimum Gasteiger partial charge on any atom is -0.0912 e. The molecule has 0 amide bonds. The maximum absolute atomic E-state index is 2.45. The number of allylic oxidation sites excluding steroid dienone is 2. The summed E-state index contributed by atoms with van der Waals surface area (Å²) in [5.41, 5.74) is 0.823. The van der Waals surface area contributed by atoms with E-state index < -0.39 is 16.1 Å². The molecule has 0 N–H and O–H groups in total. The monoisotopic (exact) mass is 214 g/mol. The molecule has 78 valence electrons. The first-order valence-electron chi connectivity index (χ1n) is 5.29. The van der Waals surface area contributed by atoms with Crippen LogP contribution in [0.15, 0.2) is 12.2 Å². The lowest BCUT2D eigenvalue weighted by atomic mass is 10.4. The summed E-state index contributed by atoms with van der Waals surface area (Å²) in [6.45, 7) is 17.0. The average Bonchev–Trinajstić information content (AvgIpc) is 1.82. The van der Waals surface area contributed by atoms with E-state index in [0.29, 0.717) is 0 Å². The van der Waals surface area contributed by atoms with Gasteiger partial charge in [0.15, 0.2) is 0 Å². The minimum atomic E-state index is -0.928. The van der Waals surface area contributed by atoms with Crippen molar-refractivity contribution in [3.63, 3.8) is 0 Å². The van der Waals surface area contributed by atoms with Crippen molar-refractivity contribution in [2.24, 2.45) is 0 Å². The van der Waals surface area contributed by atoms with Gasteiger partial charge < -0.3 is 0 Å². The van der Waals surface area contributed by atoms with E-state index in [-0.39, 0.29) is 0 Å².